The molecular formula is C22H25N3O2S. The number of H-pyrrole nitrogens is 1. The van der Waals surface area contributed by atoms with E-state index in [4.69, 9.17) is 0 Å². The Morgan fingerprint density at radius 1 is 1.18 bits per heavy atom. The molecule has 0 unspecified atom stereocenters. The van der Waals surface area contributed by atoms with Gasteiger partial charge in [0.05, 0.1) is 5.39 Å². The summed E-state index contributed by atoms with van der Waals surface area (Å²) in [6.45, 7) is 2.55. The van der Waals surface area contributed by atoms with Gasteiger partial charge in [-0.1, -0.05) is 36.2 Å². The van der Waals surface area contributed by atoms with Crippen LogP contribution in [-0.4, -0.2) is 15.9 Å². The van der Waals surface area contributed by atoms with Crippen molar-refractivity contribution < 1.29 is 4.79 Å². The molecule has 0 saturated carbocycles. The lowest BCUT2D eigenvalue weighted by atomic mass is 10.1. The molecule has 0 aliphatic heterocycles. The molecule has 5 nitrogen and oxygen atoms in total. The zero-order valence-electron chi connectivity index (χ0n) is 16.1. The van der Waals surface area contributed by atoms with Crippen molar-refractivity contribution in [2.75, 3.05) is 0 Å². The first-order valence-electron chi connectivity index (χ1n) is 9.96. The smallest absolute Gasteiger partial charge is 0.259 e. The predicted octanol–water partition coefficient (Wildman–Crippen LogP) is 3.81. The maximum atomic E-state index is 12.6. The van der Waals surface area contributed by atoms with Gasteiger partial charge in [0.25, 0.3) is 5.56 Å². The molecule has 0 fully saturated rings. The largest absolute Gasteiger partial charge is 0.352 e. The van der Waals surface area contributed by atoms with Crippen LogP contribution in [0.5, 0.6) is 0 Å². The monoisotopic (exact) mass is 395 g/mol. The molecule has 28 heavy (non-hydrogen) atoms. The maximum absolute atomic E-state index is 12.6. The van der Waals surface area contributed by atoms with E-state index in [9.17, 15) is 9.59 Å². The van der Waals surface area contributed by atoms with E-state index in [-0.39, 0.29) is 11.5 Å². The van der Waals surface area contributed by atoms with E-state index in [2.05, 4.69) is 15.3 Å². The number of hydrogen-bond donors (Lipinski definition) is 2. The van der Waals surface area contributed by atoms with E-state index in [0.717, 1.165) is 35.0 Å². The Balaban J connectivity index is 1.41. The van der Waals surface area contributed by atoms with Crippen molar-refractivity contribution in [2.45, 2.75) is 58.4 Å². The summed E-state index contributed by atoms with van der Waals surface area (Å²) in [6.07, 6.45) is 6.32. The Morgan fingerprint density at radius 3 is 2.79 bits per heavy atom. The lowest BCUT2D eigenvalue weighted by Gasteiger charge is -2.06. The Morgan fingerprint density at radius 2 is 1.96 bits per heavy atom. The van der Waals surface area contributed by atoms with Gasteiger partial charge in [0.15, 0.2) is 0 Å². The first kappa shape index (κ1) is 18.9. The number of aromatic amines is 1. The second kappa shape index (κ2) is 8.27. The number of hydrogen-bond acceptors (Lipinski definition) is 4. The SMILES string of the molecule is Cc1ccc(CNC(=O)CCc2nc3sc4c(c3c(=O)[nH]2)CCCCC4)cc1. The highest BCUT2D eigenvalue weighted by atomic mass is 32.1. The second-order valence-corrected chi connectivity index (χ2v) is 8.60. The van der Waals surface area contributed by atoms with Crippen molar-refractivity contribution in [1.82, 2.24) is 15.3 Å². The molecule has 6 heteroatoms. The molecule has 146 valence electrons. The summed E-state index contributed by atoms with van der Waals surface area (Å²) in [5.74, 6) is 0.560. The molecule has 1 aromatic carbocycles. The van der Waals surface area contributed by atoms with E-state index in [1.165, 1.54) is 28.8 Å². The van der Waals surface area contributed by atoms with Crippen molar-refractivity contribution >= 4 is 27.5 Å². The molecule has 1 amide bonds. The molecule has 3 aromatic rings. The summed E-state index contributed by atoms with van der Waals surface area (Å²) in [4.78, 5) is 34.5. The van der Waals surface area contributed by atoms with Crippen LogP contribution in [0, 0.1) is 6.92 Å². The third kappa shape index (κ3) is 4.17. The highest BCUT2D eigenvalue weighted by Gasteiger charge is 2.19. The van der Waals surface area contributed by atoms with Gasteiger partial charge in [-0.25, -0.2) is 4.98 Å². The highest BCUT2D eigenvalue weighted by Crippen LogP contribution is 2.32. The molecule has 1 aliphatic carbocycles. The molecule has 0 atom stereocenters. The van der Waals surface area contributed by atoms with Crippen LogP contribution in [-0.2, 0) is 30.6 Å². The molecule has 0 spiro atoms. The van der Waals surface area contributed by atoms with Crippen LogP contribution in [0.3, 0.4) is 0 Å². The van der Waals surface area contributed by atoms with Crippen LogP contribution in [0.15, 0.2) is 29.1 Å². The third-order valence-electron chi connectivity index (χ3n) is 5.32. The first-order chi connectivity index (χ1) is 13.6. The van der Waals surface area contributed by atoms with E-state index >= 15 is 0 Å². The summed E-state index contributed by atoms with van der Waals surface area (Å²) in [5, 5.41) is 3.70. The molecule has 0 saturated heterocycles. The molecular weight excluding hydrogens is 370 g/mol. The van der Waals surface area contributed by atoms with Crippen LogP contribution in [0.2, 0.25) is 0 Å². The van der Waals surface area contributed by atoms with Crippen LogP contribution in [0.25, 0.3) is 10.2 Å². The fraction of sp³-hybridized carbons (Fsp3) is 0.409. The van der Waals surface area contributed by atoms with Crippen molar-refractivity contribution in [3.8, 4) is 0 Å². The van der Waals surface area contributed by atoms with Crippen molar-refractivity contribution in [3.63, 3.8) is 0 Å². The zero-order chi connectivity index (χ0) is 19.5. The van der Waals surface area contributed by atoms with Gasteiger partial charge in [-0.3, -0.25) is 9.59 Å². The van der Waals surface area contributed by atoms with Gasteiger partial charge < -0.3 is 10.3 Å². The number of rotatable bonds is 5. The average molecular weight is 396 g/mol. The summed E-state index contributed by atoms with van der Waals surface area (Å²) in [6, 6.07) is 8.11. The Hall–Kier alpha value is -2.47. The lowest BCUT2D eigenvalue weighted by molar-refractivity contribution is -0.121. The van der Waals surface area contributed by atoms with Crippen LogP contribution in [0.1, 0.15) is 53.1 Å². The number of benzene rings is 1. The number of nitrogens with one attached hydrogen (secondary N) is 2. The highest BCUT2D eigenvalue weighted by molar-refractivity contribution is 7.18. The number of aryl methyl sites for hydroxylation is 4. The normalized spacial score (nSPS) is 13.9. The third-order valence-corrected chi connectivity index (χ3v) is 6.51. The number of fused-ring (bicyclic) bond motifs is 3. The van der Waals surface area contributed by atoms with E-state index < -0.39 is 0 Å². The van der Waals surface area contributed by atoms with Gasteiger partial charge in [0.2, 0.25) is 5.91 Å². The zero-order valence-corrected chi connectivity index (χ0v) is 17.0. The molecule has 2 heterocycles. The Bertz CT molecular complexity index is 1050. The molecule has 4 rings (SSSR count). The summed E-state index contributed by atoms with van der Waals surface area (Å²) in [7, 11) is 0. The van der Waals surface area contributed by atoms with Gasteiger partial charge >= 0.3 is 0 Å². The molecule has 0 radical (unpaired) electrons. The summed E-state index contributed by atoms with van der Waals surface area (Å²) < 4.78 is 0. The maximum Gasteiger partial charge on any atom is 0.259 e. The number of thiophene rings is 1. The van der Waals surface area contributed by atoms with Crippen LogP contribution in [0.4, 0.5) is 0 Å². The molecule has 2 aromatic heterocycles. The Labute approximate surface area is 168 Å². The van der Waals surface area contributed by atoms with E-state index in [1.807, 2.05) is 31.2 Å². The van der Waals surface area contributed by atoms with Crippen molar-refractivity contribution in [3.05, 3.63) is 62.0 Å². The van der Waals surface area contributed by atoms with Crippen molar-refractivity contribution in [2.24, 2.45) is 0 Å². The number of carbonyl (C=O) groups is 1. The van der Waals surface area contributed by atoms with Gasteiger partial charge in [-0.2, -0.15) is 0 Å². The quantitative estimate of drug-likeness (QED) is 0.645. The molecule has 0 bridgehead atoms. The number of nitrogens with zero attached hydrogens (tertiary/aromatic N) is 1. The summed E-state index contributed by atoms with van der Waals surface area (Å²) in [5.41, 5.74) is 3.42. The molecule has 2 N–H and O–H groups in total. The second-order valence-electron chi connectivity index (χ2n) is 7.52. The van der Waals surface area contributed by atoms with Crippen LogP contribution >= 0.6 is 11.3 Å². The number of amides is 1. The minimum atomic E-state index is -0.0561. The minimum Gasteiger partial charge on any atom is -0.352 e. The Kier molecular flexibility index (Phi) is 5.57. The van der Waals surface area contributed by atoms with Crippen molar-refractivity contribution in [1.29, 1.82) is 0 Å². The number of aromatic nitrogens is 2. The first-order valence-corrected chi connectivity index (χ1v) is 10.8. The van der Waals surface area contributed by atoms with E-state index in [1.54, 1.807) is 11.3 Å². The van der Waals surface area contributed by atoms with Gasteiger partial charge in [0.1, 0.15) is 10.7 Å². The topological polar surface area (TPSA) is 74.8 Å². The minimum absolute atomic E-state index is 0.0368. The van der Waals surface area contributed by atoms with Crippen LogP contribution < -0.4 is 10.9 Å². The molecule has 1 aliphatic rings. The number of carbonyl (C=O) groups excluding carboxylic acids is 1. The standard InChI is InChI=1S/C22H25N3O2S/c1-14-7-9-15(10-8-14)13-23-19(26)12-11-18-24-21(27)20-16-5-3-2-4-6-17(16)28-22(20)25-18/h7-10H,2-6,11-13H2,1H3,(H,23,26)(H,24,25,27). The fourth-order valence-electron chi connectivity index (χ4n) is 3.73. The van der Waals surface area contributed by atoms with Gasteiger partial charge in [-0.05, 0) is 43.7 Å². The van der Waals surface area contributed by atoms with Gasteiger partial charge in [-0.15, -0.1) is 11.3 Å². The fourth-order valence-corrected chi connectivity index (χ4v) is 5.01. The van der Waals surface area contributed by atoms with Gasteiger partial charge in [0, 0.05) is 24.3 Å². The average Bonchev–Trinajstić information content (AvgIpc) is 2.88. The summed E-state index contributed by atoms with van der Waals surface area (Å²) >= 11 is 1.65. The lowest BCUT2D eigenvalue weighted by Crippen LogP contribution is -2.23. The van der Waals surface area contributed by atoms with E-state index in [0.29, 0.717) is 25.2 Å². The predicted molar refractivity (Wildman–Crippen MR) is 113 cm³/mol.